The Labute approximate surface area is 141 Å². The number of piperidine rings is 1. The van der Waals surface area contributed by atoms with Crippen molar-refractivity contribution in [3.8, 4) is 10.6 Å². The van der Waals surface area contributed by atoms with Gasteiger partial charge in [-0.2, -0.15) is 18.3 Å². The van der Waals surface area contributed by atoms with Crippen LogP contribution in [-0.4, -0.2) is 33.7 Å². The van der Waals surface area contributed by atoms with E-state index < -0.39 is 11.9 Å². The molecule has 3 heterocycles. The van der Waals surface area contributed by atoms with Crippen molar-refractivity contribution in [3.05, 3.63) is 28.3 Å². The third-order valence-corrected chi connectivity index (χ3v) is 5.42. The molecular formula is C16H18F3N3OS. The predicted molar refractivity (Wildman–Crippen MR) is 86.0 cm³/mol. The first-order valence-electron chi connectivity index (χ1n) is 7.78. The number of aryl methyl sites for hydroxylation is 2. The van der Waals surface area contributed by atoms with Crippen molar-refractivity contribution < 1.29 is 18.0 Å². The molecule has 0 bridgehead atoms. The molecule has 2 aromatic rings. The minimum absolute atomic E-state index is 0.0407. The first-order chi connectivity index (χ1) is 11.3. The third-order valence-electron chi connectivity index (χ3n) is 4.17. The molecule has 2 aromatic heterocycles. The zero-order valence-corrected chi connectivity index (χ0v) is 14.3. The Balaban J connectivity index is 1.90. The molecule has 1 aliphatic heterocycles. The van der Waals surface area contributed by atoms with Crippen LogP contribution in [0.15, 0.2) is 12.1 Å². The largest absolute Gasteiger partial charge is 0.433 e. The van der Waals surface area contributed by atoms with Gasteiger partial charge in [-0.1, -0.05) is 0 Å². The zero-order chi connectivity index (χ0) is 17.5. The van der Waals surface area contributed by atoms with Gasteiger partial charge in [0.2, 0.25) is 0 Å². The highest BCUT2D eigenvalue weighted by Crippen LogP contribution is 2.36. The van der Waals surface area contributed by atoms with Crippen LogP contribution in [0.5, 0.6) is 0 Å². The van der Waals surface area contributed by atoms with Crippen LogP contribution < -0.4 is 0 Å². The Morgan fingerprint density at radius 3 is 2.46 bits per heavy atom. The summed E-state index contributed by atoms with van der Waals surface area (Å²) in [4.78, 5) is 15.5. The smallest absolute Gasteiger partial charge is 0.338 e. The summed E-state index contributed by atoms with van der Waals surface area (Å²) >= 11 is 1.21. The van der Waals surface area contributed by atoms with Gasteiger partial charge < -0.3 is 4.90 Å². The second-order valence-electron chi connectivity index (χ2n) is 6.01. The number of carbonyl (C=O) groups excluding carboxylic acids is 1. The van der Waals surface area contributed by atoms with Gasteiger partial charge in [0.1, 0.15) is 11.4 Å². The molecule has 1 amide bonds. The van der Waals surface area contributed by atoms with Gasteiger partial charge in [-0.05, 0) is 43.9 Å². The van der Waals surface area contributed by atoms with E-state index in [-0.39, 0.29) is 11.6 Å². The van der Waals surface area contributed by atoms with E-state index in [0.29, 0.717) is 9.75 Å². The maximum Gasteiger partial charge on any atom is 0.433 e. The summed E-state index contributed by atoms with van der Waals surface area (Å²) < 4.78 is 39.6. The monoisotopic (exact) mass is 357 g/mol. The number of halogens is 3. The van der Waals surface area contributed by atoms with Crippen molar-refractivity contribution in [2.75, 3.05) is 13.1 Å². The lowest BCUT2D eigenvalue weighted by molar-refractivity contribution is -0.143. The number of alkyl halides is 3. The minimum Gasteiger partial charge on any atom is -0.338 e. The molecule has 0 unspecified atom stereocenters. The molecular weight excluding hydrogens is 339 g/mol. The number of thiophene rings is 1. The molecule has 130 valence electrons. The lowest BCUT2D eigenvalue weighted by Crippen LogP contribution is -2.35. The molecule has 24 heavy (non-hydrogen) atoms. The summed E-state index contributed by atoms with van der Waals surface area (Å²) in [5.74, 6) is -0.0407. The number of aromatic nitrogens is 2. The van der Waals surface area contributed by atoms with Crippen LogP contribution in [0.25, 0.3) is 10.6 Å². The fourth-order valence-corrected chi connectivity index (χ4v) is 4.03. The average Bonchev–Trinajstić information content (AvgIpc) is 3.10. The highest BCUT2D eigenvalue weighted by atomic mass is 32.1. The van der Waals surface area contributed by atoms with E-state index in [1.165, 1.54) is 18.4 Å². The summed E-state index contributed by atoms with van der Waals surface area (Å²) in [6, 6.07) is 2.78. The second-order valence-corrected chi connectivity index (χ2v) is 7.06. The van der Waals surface area contributed by atoms with Crippen LogP contribution in [0.4, 0.5) is 13.2 Å². The molecule has 0 radical (unpaired) electrons. The molecule has 0 aromatic carbocycles. The third kappa shape index (κ3) is 3.19. The molecule has 3 rings (SSSR count). The van der Waals surface area contributed by atoms with Crippen molar-refractivity contribution in [1.29, 1.82) is 0 Å². The summed E-state index contributed by atoms with van der Waals surface area (Å²) in [5.41, 5.74) is 0.228. The van der Waals surface area contributed by atoms with Gasteiger partial charge in [0.05, 0.1) is 9.75 Å². The molecule has 1 aliphatic rings. The van der Waals surface area contributed by atoms with Crippen molar-refractivity contribution in [1.82, 2.24) is 14.7 Å². The molecule has 8 heteroatoms. The summed E-state index contributed by atoms with van der Waals surface area (Å²) in [6.45, 7) is 3.28. The van der Waals surface area contributed by atoms with E-state index in [1.54, 1.807) is 13.0 Å². The molecule has 0 aliphatic carbocycles. The number of rotatable bonds is 2. The zero-order valence-electron chi connectivity index (χ0n) is 13.5. The first-order valence-corrected chi connectivity index (χ1v) is 8.60. The average molecular weight is 357 g/mol. The molecule has 4 nitrogen and oxygen atoms in total. The Hall–Kier alpha value is -1.83. The quantitative estimate of drug-likeness (QED) is 0.811. The highest BCUT2D eigenvalue weighted by Gasteiger charge is 2.35. The van der Waals surface area contributed by atoms with Crippen LogP contribution in [0.1, 0.15) is 40.2 Å². The van der Waals surface area contributed by atoms with E-state index in [1.807, 2.05) is 4.90 Å². The molecule has 0 spiro atoms. The highest BCUT2D eigenvalue weighted by molar-refractivity contribution is 7.17. The normalized spacial score (nSPS) is 15.8. The van der Waals surface area contributed by atoms with E-state index in [4.69, 9.17) is 0 Å². The SMILES string of the molecule is Cc1cc(C(=O)N2CCCCC2)sc1-c1cc(C(F)(F)F)n(C)n1. The van der Waals surface area contributed by atoms with Crippen molar-refractivity contribution >= 4 is 17.2 Å². The molecule has 1 saturated heterocycles. The molecule has 1 fully saturated rings. The Morgan fingerprint density at radius 1 is 1.21 bits per heavy atom. The van der Waals surface area contributed by atoms with Gasteiger partial charge in [0, 0.05) is 20.1 Å². The van der Waals surface area contributed by atoms with Gasteiger partial charge >= 0.3 is 6.18 Å². The maximum absolute atomic E-state index is 12.9. The summed E-state index contributed by atoms with van der Waals surface area (Å²) in [5, 5.41) is 3.98. The van der Waals surface area contributed by atoms with Crippen LogP contribution in [-0.2, 0) is 13.2 Å². The van der Waals surface area contributed by atoms with E-state index in [9.17, 15) is 18.0 Å². The Bertz CT molecular complexity index is 757. The van der Waals surface area contributed by atoms with Crippen LogP contribution in [0, 0.1) is 6.92 Å². The molecule has 0 atom stereocenters. The van der Waals surface area contributed by atoms with Crippen molar-refractivity contribution in [2.45, 2.75) is 32.4 Å². The van der Waals surface area contributed by atoms with E-state index in [2.05, 4.69) is 5.10 Å². The van der Waals surface area contributed by atoms with Crippen molar-refractivity contribution in [3.63, 3.8) is 0 Å². The molecule has 0 N–H and O–H groups in total. The number of hydrogen-bond donors (Lipinski definition) is 0. The number of amides is 1. The number of carbonyl (C=O) groups is 1. The van der Waals surface area contributed by atoms with Crippen LogP contribution in [0.2, 0.25) is 0 Å². The molecule has 0 saturated carbocycles. The first kappa shape index (κ1) is 17.0. The van der Waals surface area contributed by atoms with Gasteiger partial charge in [-0.25, -0.2) is 0 Å². The predicted octanol–water partition coefficient (Wildman–Crippen LogP) is 4.10. The van der Waals surface area contributed by atoms with E-state index in [0.717, 1.165) is 48.7 Å². The van der Waals surface area contributed by atoms with Crippen molar-refractivity contribution in [2.24, 2.45) is 7.05 Å². The Morgan fingerprint density at radius 2 is 1.88 bits per heavy atom. The Kier molecular flexibility index (Phi) is 4.42. The van der Waals surface area contributed by atoms with Gasteiger partial charge in [-0.3, -0.25) is 9.48 Å². The summed E-state index contributed by atoms with van der Waals surface area (Å²) in [7, 11) is 1.27. The maximum atomic E-state index is 12.9. The van der Waals surface area contributed by atoms with Gasteiger partial charge in [0.15, 0.2) is 0 Å². The second kappa shape index (κ2) is 6.23. The van der Waals surface area contributed by atoms with Gasteiger partial charge in [0.25, 0.3) is 5.91 Å². The summed E-state index contributed by atoms with van der Waals surface area (Å²) in [6.07, 6.45) is -1.32. The van der Waals surface area contributed by atoms with Crippen LogP contribution in [0.3, 0.4) is 0 Å². The lowest BCUT2D eigenvalue weighted by Gasteiger charge is -2.26. The topological polar surface area (TPSA) is 38.1 Å². The minimum atomic E-state index is -4.45. The van der Waals surface area contributed by atoms with Gasteiger partial charge in [-0.15, -0.1) is 11.3 Å². The fourth-order valence-electron chi connectivity index (χ4n) is 2.94. The number of nitrogens with zero attached hydrogens (tertiary/aromatic N) is 3. The lowest BCUT2D eigenvalue weighted by atomic mass is 10.1. The number of hydrogen-bond acceptors (Lipinski definition) is 3. The van der Waals surface area contributed by atoms with E-state index >= 15 is 0 Å². The van der Waals surface area contributed by atoms with Crippen LogP contribution >= 0.6 is 11.3 Å². The number of likely N-dealkylation sites (tertiary alicyclic amines) is 1. The standard InChI is InChI=1S/C16H18F3N3OS/c1-10-8-12(15(23)22-6-4-3-5-7-22)24-14(10)11-9-13(16(17,18)19)21(2)20-11/h8-9H,3-7H2,1-2H3. The fraction of sp³-hybridized carbons (Fsp3) is 0.500.